The lowest BCUT2D eigenvalue weighted by atomic mass is 9.81. The molecule has 1 spiro atoms. The van der Waals surface area contributed by atoms with Crippen LogP contribution in [0.5, 0.6) is 0 Å². The fraction of sp³-hybridized carbons (Fsp3) is 0.500. The third kappa shape index (κ3) is 3.94. The molecule has 2 aliphatic rings. The first kappa shape index (κ1) is 21.4. The zero-order valence-corrected chi connectivity index (χ0v) is 18.9. The minimum absolute atomic E-state index is 0.266. The van der Waals surface area contributed by atoms with Gasteiger partial charge < -0.3 is 4.90 Å². The van der Waals surface area contributed by atoms with Crippen molar-refractivity contribution >= 4 is 34.3 Å². The number of carbonyl (C=O) groups excluding carboxylic acids is 3. The van der Waals surface area contributed by atoms with Crippen molar-refractivity contribution in [3.8, 4) is 10.6 Å². The van der Waals surface area contributed by atoms with Crippen LogP contribution >= 0.6 is 11.3 Å². The first-order valence-corrected chi connectivity index (χ1v) is 11.5. The molecule has 1 saturated heterocycles. The van der Waals surface area contributed by atoms with Crippen LogP contribution in [0.4, 0.5) is 9.93 Å². The number of anilines is 1. The minimum atomic E-state index is -0.784. The smallest absolute Gasteiger partial charge is 0.313 e. The third-order valence-electron chi connectivity index (χ3n) is 6.28. The molecule has 2 fully saturated rings. The second-order valence-corrected chi connectivity index (χ2v) is 9.54. The number of likely N-dealkylation sites (N-methyl/N-ethyl adjacent to an activating group) is 1. The van der Waals surface area contributed by atoms with E-state index < -0.39 is 17.5 Å². The molecular formula is C22H27N5O3S. The summed E-state index contributed by atoms with van der Waals surface area (Å²) < 4.78 is 0. The number of aromatic nitrogens is 2. The van der Waals surface area contributed by atoms with Gasteiger partial charge in [-0.25, -0.2) is 4.79 Å². The zero-order chi connectivity index (χ0) is 22.2. The van der Waals surface area contributed by atoms with E-state index in [4.69, 9.17) is 0 Å². The van der Waals surface area contributed by atoms with Gasteiger partial charge in [-0.3, -0.25) is 19.8 Å². The third-order valence-corrected chi connectivity index (χ3v) is 7.17. The number of amides is 4. The van der Waals surface area contributed by atoms with Crippen molar-refractivity contribution in [2.24, 2.45) is 0 Å². The van der Waals surface area contributed by atoms with Crippen molar-refractivity contribution in [3.63, 3.8) is 0 Å². The van der Waals surface area contributed by atoms with E-state index in [0.717, 1.165) is 29.7 Å². The Balaban J connectivity index is 1.41. The number of urea groups is 1. The van der Waals surface area contributed by atoms with E-state index in [1.165, 1.54) is 21.8 Å². The average molecular weight is 442 g/mol. The fourth-order valence-corrected chi connectivity index (χ4v) is 5.14. The van der Waals surface area contributed by atoms with E-state index in [-0.39, 0.29) is 12.5 Å². The summed E-state index contributed by atoms with van der Waals surface area (Å²) in [6, 6.07) is 7.68. The maximum atomic E-state index is 13.0. The highest BCUT2D eigenvalue weighted by molar-refractivity contribution is 7.18. The summed E-state index contributed by atoms with van der Waals surface area (Å²) in [5.74, 6) is -0.278. The molecule has 4 rings (SSSR count). The Hall–Kier alpha value is -2.81. The number of hydrogen-bond donors (Lipinski definition) is 1. The van der Waals surface area contributed by atoms with Gasteiger partial charge in [0.25, 0.3) is 5.91 Å². The Bertz CT molecular complexity index is 995. The monoisotopic (exact) mass is 441 g/mol. The van der Waals surface area contributed by atoms with Crippen molar-refractivity contribution < 1.29 is 14.4 Å². The largest absolute Gasteiger partial charge is 0.327 e. The molecule has 0 unspecified atom stereocenters. The molecule has 31 heavy (non-hydrogen) atoms. The minimum Gasteiger partial charge on any atom is -0.313 e. The molecule has 1 aromatic carbocycles. The molecule has 9 heteroatoms. The summed E-state index contributed by atoms with van der Waals surface area (Å²) in [6.45, 7) is 3.95. The maximum Gasteiger partial charge on any atom is 0.327 e. The lowest BCUT2D eigenvalue weighted by molar-refractivity contribution is -0.136. The van der Waals surface area contributed by atoms with Gasteiger partial charge in [0, 0.05) is 12.6 Å². The molecule has 4 amide bonds. The van der Waals surface area contributed by atoms with Crippen LogP contribution in [0.15, 0.2) is 24.3 Å². The molecule has 1 N–H and O–H groups in total. The molecule has 164 valence electrons. The SMILES string of the molecule is CC(C)c1ccc(-c2nnc(NC(=O)CN3C(=O)N(C)C4(CCCCC4)C3=O)s2)cc1. The average Bonchev–Trinajstić information content (AvgIpc) is 3.29. The quantitative estimate of drug-likeness (QED) is 0.711. The normalized spacial score (nSPS) is 18.3. The van der Waals surface area contributed by atoms with Crippen molar-refractivity contribution in [2.45, 2.75) is 57.4 Å². The van der Waals surface area contributed by atoms with Crippen LogP contribution in [0, 0.1) is 0 Å². The molecule has 0 radical (unpaired) electrons. The first-order chi connectivity index (χ1) is 14.8. The highest BCUT2D eigenvalue weighted by Crippen LogP contribution is 2.39. The zero-order valence-electron chi connectivity index (χ0n) is 18.1. The number of carbonyl (C=O) groups is 3. The predicted octanol–water partition coefficient (Wildman–Crippen LogP) is 3.86. The van der Waals surface area contributed by atoms with E-state index in [9.17, 15) is 14.4 Å². The molecule has 2 aromatic rings. The van der Waals surface area contributed by atoms with Crippen LogP contribution in [0.3, 0.4) is 0 Å². The van der Waals surface area contributed by atoms with Crippen LogP contribution in [0.1, 0.15) is 57.4 Å². The van der Waals surface area contributed by atoms with Gasteiger partial charge in [0.1, 0.15) is 17.1 Å². The second-order valence-electron chi connectivity index (χ2n) is 8.56. The van der Waals surface area contributed by atoms with Crippen molar-refractivity contribution in [3.05, 3.63) is 29.8 Å². The van der Waals surface area contributed by atoms with E-state index in [1.54, 1.807) is 7.05 Å². The molecule has 1 aliphatic heterocycles. The number of nitrogens with one attached hydrogen (secondary N) is 1. The molecular weight excluding hydrogens is 414 g/mol. The van der Waals surface area contributed by atoms with E-state index in [1.807, 2.05) is 12.1 Å². The highest BCUT2D eigenvalue weighted by atomic mass is 32.1. The van der Waals surface area contributed by atoms with Gasteiger partial charge in [-0.2, -0.15) is 0 Å². The molecule has 0 atom stereocenters. The Morgan fingerprint density at radius 3 is 2.45 bits per heavy atom. The van der Waals surface area contributed by atoms with Crippen LogP contribution < -0.4 is 5.32 Å². The maximum absolute atomic E-state index is 13.0. The van der Waals surface area contributed by atoms with Crippen LogP contribution in [0.25, 0.3) is 10.6 Å². The summed E-state index contributed by atoms with van der Waals surface area (Å²) in [6.07, 6.45) is 4.20. The second kappa shape index (κ2) is 8.37. The predicted molar refractivity (Wildman–Crippen MR) is 119 cm³/mol. The molecule has 0 bridgehead atoms. The summed E-state index contributed by atoms with van der Waals surface area (Å²) >= 11 is 1.26. The lowest BCUT2D eigenvalue weighted by Crippen LogP contribution is -2.49. The Kier molecular flexibility index (Phi) is 5.79. The number of nitrogens with zero attached hydrogens (tertiary/aromatic N) is 4. The van der Waals surface area contributed by atoms with E-state index in [2.05, 4.69) is 41.5 Å². The Morgan fingerprint density at radius 1 is 1.13 bits per heavy atom. The Morgan fingerprint density at radius 2 is 1.81 bits per heavy atom. The van der Waals surface area contributed by atoms with Gasteiger partial charge in [0.15, 0.2) is 0 Å². The van der Waals surface area contributed by atoms with Crippen LogP contribution in [-0.4, -0.2) is 57.0 Å². The van der Waals surface area contributed by atoms with Crippen LogP contribution in [0.2, 0.25) is 0 Å². The van der Waals surface area contributed by atoms with Gasteiger partial charge in [-0.1, -0.05) is 68.7 Å². The van der Waals surface area contributed by atoms with Gasteiger partial charge in [-0.15, -0.1) is 10.2 Å². The summed E-state index contributed by atoms with van der Waals surface area (Å²) in [5.41, 5.74) is 1.38. The van der Waals surface area contributed by atoms with E-state index in [0.29, 0.717) is 28.9 Å². The standard InChI is InChI=1S/C22H27N5O3S/c1-14(2)15-7-9-16(10-8-15)18-24-25-20(31-18)23-17(28)13-27-19(29)22(26(3)21(27)30)11-5-4-6-12-22/h7-10,14H,4-6,11-13H2,1-3H3,(H,23,25,28). The van der Waals surface area contributed by atoms with Gasteiger partial charge >= 0.3 is 6.03 Å². The van der Waals surface area contributed by atoms with Crippen molar-refractivity contribution in [1.82, 2.24) is 20.0 Å². The molecule has 1 aliphatic carbocycles. The number of rotatable bonds is 5. The van der Waals surface area contributed by atoms with Crippen molar-refractivity contribution in [2.75, 3.05) is 18.9 Å². The Labute approximate surface area is 185 Å². The van der Waals surface area contributed by atoms with Gasteiger partial charge in [-0.05, 0) is 24.3 Å². The number of benzene rings is 1. The lowest BCUT2D eigenvalue weighted by Gasteiger charge is -2.35. The topological polar surface area (TPSA) is 95.5 Å². The fourth-order valence-electron chi connectivity index (χ4n) is 4.37. The highest BCUT2D eigenvalue weighted by Gasteiger charge is 2.55. The van der Waals surface area contributed by atoms with Gasteiger partial charge in [0.2, 0.25) is 11.0 Å². The number of imide groups is 1. The first-order valence-electron chi connectivity index (χ1n) is 10.7. The summed E-state index contributed by atoms with van der Waals surface area (Å²) in [7, 11) is 1.66. The van der Waals surface area contributed by atoms with Gasteiger partial charge in [0.05, 0.1) is 0 Å². The summed E-state index contributed by atoms with van der Waals surface area (Å²) in [4.78, 5) is 40.8. The molecule has 1 aromatic heterocycles. The summed E-state index contributed by atoms with van der Waals surface area (Å²) in [5, 5.41) is 11.9. The van der Waals surface area contributed by atoms with E-state index >= 15 is 0 Å². The van der Waals surface area contributed by atoms with Crippen LogP contribution in [-0.2, 0) is 9.59 Å². The number of hydrogen-bond acceptors (Lipinski definition) is 6. The van der Waals surface area contributed by atoms with Crippen molar-refractivity contribution in [1.29, 1.82) is 0 Å². The molecule has 1 saturated carbocycles. The molecule has 2 heterocycles. The molecule has 8 nitrogen and oxygen atoms in total.